The first-order chi connectivity index (χ1) is 9.83. The second kappa shape index (κ2) is 5.65. The predicted molar refractivity (Wildman–Crippen MR) is 72.7 cm³/mol. The normalized spacial score (nSPS) is 11.5. The number of carboxylic acid groups (broad SMARTS) is 1. The smallest absolute Gasteiger partial charge is 0.335 e. The highest BCUT2D eigenvalue weighted by Gasteiger charge is 2.22. The predicted octanol–water partition coefficient (Wildman–Crippen LogP) is 1.61. The number of sulfone groups is 1. The van der Waals surface area contributed by atoms with Gasteiger partial charge in [-0.2, -0.15) is 0 Å². The second-order valence-electron chi connectivity index (χ2n) is 4.49. The molecule has 0 spiro atoms. The summed E-state index contributed by atoms with van der Waals surface area (Å²) in [6.07, 6.45) is 0.514. The highest BCUT2D eigenvalue weighted by Crippen LogP contribution is 2.21. The lowest BCUT2D eigenvalue weighted by Gasteiger charge is -2.07. The molecule has 0 unspecified atom stereocenters. The van der Waals surface area contributed by atoms with E-state index in [0.29, 0.717) is 17.9 Å². The van der Waals surface area contributed by atoms with E-state index in [1.54, 1.807) is 6.92 Å². The second-order valence-corrected chi connectivity index (χ2v) is 6.45. The lowest BCUT2D eigenvalue weighted by atomic mass is 10.1. The molecule has 1 heterocycles. The lowest BCUT2D eigenvalue weighted by molar-refractivity contribution is 0.0696. The van der Waals surface area contributed by atoms with Gasteiger partial charge in [0, 0.05) is 6.42 Å². The van der Waals surface area contributed by atoms with Gasteiger partial charge in [0.15, 0.2) is 9.84 Å². The molecule has 112 valence electrons. The average molecular weight is 310 g/mol. The van der Waals surface area contributed by atoms with Crippen LogP contribution < -0.4 is 0 Å². The molecule has 1 N–H and O–H groups in total. The molecule has 1 aromatic carbocycles. The van der Waals surface area contributed by atoms with Crippen LogP contribution in [-0.4, -0.2) is 29.7 Å². The molecule has 0 fully saturated rings. The Hall–Kier alpha value is -2.22. The molecule has 1 aromatic heterocycles. The zero-order valence-corrected chi connectivity index (χ0v) is 12.3. The van der Waals surface area contributed by atoms with Crippen LogP contribution >= 0.6 is 0 Å². The van der Waals surface area contributed by atoms with Gasteiger partial charge in [0.1, 0.15) is 5.75 Å². The van der Waals surface area contributed by atoms with Crippen molar-refractivity contribution in [3.63, 3.8) is 0 Å². The number of aromatic nitrogens is 2. The van der Waals surface area contributed by atoms with Gasteiger partial charge in [-0.1, -0.05) is 13.0 Å². The largest absolute Gasteiger partial charge is 0.478 e. The van der Waals surface area contributed by atoms with Crippen LogP contribution in [0.3, 0.4) is 0 Å². The standard InChI is InChI=1S/C13H14N2O5S/c1-3-11-14-15-12(20-11)7-21(18,19)10-6-9(13(16)17)5-4-8(10)2/h4-6H,3,7H2,1-2H3,(H,16,17). The number of benzene rings is 1. The monoisotopic (exact) mass is 310 g/mol. The summed E-state index contributed by atoms with van der Waals surface area (Å²) < 4.78 is 29.9. The zero-order valence-electron chi connectivity index (χ0n) is 11.5. The molecule has 0 bridgehead atoms. The molecule has 7 nitrogen and oxygen atoms in total. The fourth-order valence-electron chi connectivity index (χ4n) is 1.80. The minimum absolute atomic E-state index is 0.00743. The first-order valence-electron chi connectivity index (χ1n) is 6.21. The molecule has 0 aliphatic rings. The zero-order chi connectivity index (χ0) is 15.6. The van der Waals surface area contributed by atoms with Crippen LogP contribution in [0.5, 0.6) is 0 Å². The molecular formula is C13H14N2O5S. The molecule has 8 heteroatoms. The number of carbonyl (C=O) groups is 1. The Morgan fingerprint density at radius 1 is 1.29 bits per heavy atom. The first kappa shape index (κ1) is 15.2. The molecule has 0 aliphatic heterocycles. The van der Waals surface area contributed by atoms with Crippen LogP contribution in [0.1, 0.15) is 34.6 Å². The van der Waals surface area contributed by atoms with Gasteiger partial charge < -0.3 is 9.52 Å². The van der Waals surface area contributed by atoms with Crippen LogP contribution in [-0.2, 0) is 22.0 Å². The van der Waals surface area contributed by atoms with E-state index in [1.807, 2.05) is 6.92 Å². The molecule has 2 rings (SSSR count). The summed E-state index contributed by atoms with van der Waals surface area (Å²) in [4.78, 5) is 10.9. The Labute approximate surface area is 121 Å². The van der Waals surface area contributed by atoms with Crippen LogP contribution in [0.4, 0.5) is 0 Å². The van der Waals surface area contributed by atoms with Crippen molar-refractivity contribution in [2.75, 3.05) is 0 Å². The molecule has 2 aromatic rings. The fourth-order valence-corrected chi connectivity index (χ4v) is 3.26. The molecule has 0 saturated carbocycles. The van der Waals surface area contributed by atoms with E-state index in [2.05, 4.69) is 10.2 Å². The Morgan fingerprint density at radius 3 is 2.52 bits per heavy atom. The summed E-state index contributed by atoms with van der Waals surface area (Å²) in [5.74, 6) is -1.29. The molecule has 0 aliphatic carbocycles. The van der Waals surface area contributed by atoms with Crippen LogP contribution in [0.2, 0.25) is 0 Å². The van der Waals surface area contributed by atoms with Crippen LogP contribution in [0, 0.1) is 6.92 Å². The Bertz CT molecular complexity index is 780. The van der Waals surface area contributed by atoms with Crippen LogP contribution in [0.25, 0.3) is 0 Å². The van der Waals surface area contributed by atoms with Crippen molar-refractivity contribution in [3.05, 3.63) is 41.1 Å². The van der Waals surface area contributed by atoms with Crippen molar-refractivity contribution in [1.29, 1.82) is 0 Å². The van der Waals surface area contributed by atoms with E-state index >= 15 is 0 Å². The van der Waals surface area contributed by atoms with Gasteiger partial charge in [-0.15, -0.1) is 10.2 Å². The highest BCUT2D eigenvalue weighted by molar-refractivity contribution is 7.90. The maximum Gasteiger partial charge on any atom is 0.335 e. The van der Waals surface area contributed by atoms with E-state index in [0.717, 1.165) is 6.07 Å². The van der Waals surface area contributed by atoms with E-state index in [9.17, 15) is 13.2 Å². The number of carboxylic acids is 1. The van der Waals surface area contributed by atoms with Crippen molar-refractivity contribution < 1.29 is 22.7 Å². The molecule has 0 radical (unpaired) electrons. The third-order valence-corrected chi connectivity index (χ3v) is 4.63. The summed E-state index contributed by atoms with van der Waals surface area (Å²) in [6, 6.07) is 3.96. The van der Waals surface area contributed by atoms with E-state index < -0.39 is 21.6 Å². The van der Waals surface area contributed by atoms with Crippen molar-refractivity contribution in [3.8, 4) is 0 Å². The van der Waals surface area contributed by atoms with Gasteiger partial charge in [0.2, 0.25) is 11.8 Å². The van der Waals surface area contributed by atoms with E-state index in [4.69, 9.17) is 9.52 Å². The van der Waals surface area contributed by atoms with E-state index in [1.165, 1.54) is 12.1 Å². The third-order valence-electron chi connectivity index (χ3n) is 2.89. The van der Waals surface area contributed by atoms with Gasteiger partial charge in [0.05, 0.1) is 10.5 Å². The quantitative estimate of drug-likeness (QED) is 0.893. The minimum atomic E-state index is -3.75. The average Bonchev–Trinajstić information content (AvgIpc) is 2.85. The summed E-state index contributed by atoms with van der Waals surface area (Å²) in [5.41, 5.74) is 0.384. The van der Waals surface area contributed by atoms with Crippen LogP contribution in [0.15, 0.2) is 27.5 Å². The highest BCUT2D eigenvalue weighted by atomic mass is 32.2. The summed E-state index contributed by atoms with van der Waals surface area (Å²) >= 11 is 0. The maximum absolute atomic E-state index is 12.4. The van der Waals surface area contributed by atoms with Crippen molar-refractivity contribution in [2.45, 2.75) is 30.9 Å². The number of aromatic carboxylic acids is 1. The number of aryl methyl sites for hydroxylation is 2. The van der Waals surface area contributed by atoms with Crippen molar-refractivity contribution in [2.24, 2.45) is 0 Å². The topological polar surface area (TPSA) is 110 Å². The van der Waals surface area contributed by atoms with E-state index in [-0.39, 0.29) is 16.3 Å². The maximum atomic E-state index is 12.4. The van der Waals surface area contributed by atoms with Gasteiger partial charge in [-0.05, 0) is 24.6 Å². The summed E-state index contributed by atoms with van der Waals surface area (Å²) in [7, 11) is -3.75. The Kier molecular flexibility index (Phi) is 4.08. The molecule has 0 atom stereocenters. The fraction of sp³-hybridized carbons (Fsp3) is 0.308. The molecular weight excluding hydrogens is 296 g/mol. The number of nitrogens with zero attached hydrogens (tertiary/aromatic N) is 2. The van der Waals surface area contributed by atoms with Crippen molar-refractivity contribution >= 4 is 15.8 Å². The lowest BCUT2D eigenvalue weighted by Crippen LogP contribution is -2.09. The van der Waals surface area contributed by atoms with Crippen molar-refractivity contribution in [1.82, 2.24) is 10.2 Å². The van der Waals surface area contributed by atoms with Gasteiger partial charge >= 0.3 is 5.97 Å². The molecule has 0 amide bonds. The SMILES string of the molecule is CCc1nnc(CS(=O)(=O)c2cc(C(=O)O)ccc2C)o1. The third kappa shape index (κ3) is 3.27. The Morgan fingerprint density at radius 2 is 1.95 bits per heavy atom. The number of rotatable bonds is 5. The summed E-state index contributed by atoms with van der Waals surface area (Å²) in [6.45, 7) is 3.41. The first-order valence-corrected chi connectivity index (χ1v) is 7.86. The number of hydrogen-bond acceptors (Lipinski definition) is 6. The van der Waals surface area contributed by atoms with Gasteiger partial charge in [-0.25, -0.2) is 13.2 Å². The summed E-state index contributed by atoms with van der Waals surface area (Å²) in [5, 5.41) is 16.3. The minimum Gasteiger partial charge on any atom is -0.478 e. The van der Waals surface area contributed by atoms with Gasteiger partial charge in [-0.3, -0.25) is 0 Å². The Balaban J connectivity index is 2.39. The molecule has 0 saturated heterocycles. The van der Waals surface area contributed by atoms with Gasteiger partial charge in [0.25, 0.3) is 0 Å². The molecule has 21 heavy (non-hydrogen) atoms. The number of hydrogen-bond donors (Lipinski definition) is 1.